The van der Waals surface area contributed by atoms with Gasteiger partial charge in [-0.1, -0.05) is 36.4 Å². The summed E-state index contributed by atoms with van der Waals surface area (Å²) < 4.78 is 49.8. The maximum Gasteiger partial charge on any atom is 0.264 e. The lowest BCUT2D eigenvalue weighted by Crippen LogP contribution is -2.38. The Morgan fingerprint density at radius 3 is 1.98 bits per heavy atom. The van der Waals surface area contributed by atoms with Crippen LogP contribution in [-0.2, 0) is 21.2 Å². The molecular formula is C33H35N3O8S. The van der Waals surface area contributed by atoms with E-state index in [4.69, 9.17) is 18.9 Å². The second kappa shape index (κ2) is 15.0. The fourth-order valence-electron chi connectivity index (χ4n) is 4.58. The van der Waals surface area contributed by atoms with Crippen molar-refractivity contribution < 1.29 is 37.0 Å². The molecule has 0 heterocycles. The van der Waals surface area contributed by atoms with Crippen molar-refractivity contribution in [3.63, 3.8) is 0 Å². The molecule has 45 heavy (non-hydrogen) atoms. The number of carbonyl (C=O) groups is 2. The molecule has 2 amide bonds. The van der Waals surface area contributed by atoms with Gasteiger partial charge in [0.25, 0.3) is 15.9 Å². The highest BCUT2D eigenvalue weighted by atomic mass is 32.2. The van der Waals surface area contributed by atoms with Gasteiger partial charge in [0.2, 0.25) is 5.91 Å². The smallest absolute Gasteiger partial charge is 0.264 e. The molecular weight excluding hydrogens is 598 g/mol. The van der Waals surface area contributed by atoms with Crippen LogP contribution in [-0.4, -0.2) is 61.8 Å². The summed E-state index contributed by atoms with van der Waals surface area (Å²) in [6.07, 6.45) is 0.526. The molecule has 0 saturated carbocycles. The highest BCUT2D eigenvalue weighted by molar-refractivity contribution is 7.92. The molecule has 0 aliphatic carbocycles. The van der Waals surface area contributed by atoms with Crippen molar-refractivity contribution in [2.75, 3.05) is 51.2 Å². The van der Waals surface area contributed by atoms with Gasteiger partial charge in [0.05, 0.1) is 50.3 Å². The van der Waals surface area contributed by atoms with Crippen LogP contribution in [0.25, 0.3) is 0 Å². The summed E-state index contributed by atoms with van der Waals surface area (Å²) in [5.74, 6) is 0.824. The van der Waals surface area contributed by atoms with E-state index in [2.05, 4.69) is 10.6 Å². The van der Waals surface area contributed by atoms with E-state index >= 15 is 0 Å². The van der Waals surface area contributed by atoms with Crippen LogP contribution in [0.3, 0.4) is 0 Å². The monoisotopic (exact) mass is 633 g/mol. The molecule has 0 radical (unpaired) electrons. The topological polar surface area (TPSA) is 132 Å². The number of methoxy groups -OCH3 is 4. The second-order valence-electron chi connectivity index (χ2n) is 9.65. The van der Waals surface area contributed by atoms with E-state index in [0.29, 0.717) is 36.0 Å². The van der Waals surface area contributed by atoms with E-state index in [9.17, 15) is 18.0 Å². The Morgan fingerprint density at radius 1 is 0.711 bits per heavy atom. The number of rotatable bonds is 14. The molecule has 236 valence electrons. The molecule has 0 aromatic heterocycles. The number of amides is 2. The summed E-state index contributed by atoms with van der Waals surface area (Å²) in [5, 5.41) is 5.58. The number of ether oxygens (including phenoxy) is 4. The molecule has 0 aliphatic heterocycles. The molecule has 4 aromatic rings. The standard InChI is InChI=1S/C33H35N3O8S/c1-41-28-16-14-23(20-30(28)43-3)18-19-34-33(38)26-12-8-9-13-27(26)35-32(37)22-36(45(39,40)25-10-6-5-7-11-25)24-15-17-29(42-2)31(21-24)44-4/h5-17,20-21H,18-19,22H2,1-4H3,(H,34,38)(H,35,37). The van der Waals surface area contributed by atoms with Crippen LogP contribution in [0.4, 0.5) is 11.4 Å². The first-order valence-electron chi connectivity index (χ1n) is 13.9. The lowest BCUT2D eigenvalue weighted by Gasteiger charge is -2.25. The Labute approximate surface area is 262 Å². The van der Waals surface area contributed by atoms with Crippen molar-refractivity contribution in [2.45, 2.75) is 11.3 Å². The van der Waals surface area contributed by atoms with Crippen LogP contribution in [0.1, 0.15) is 15.9 Å². The van der Waals surface area contributed by atoms with E-state index in [-0.39, 0.29) is 21.8 Å². The van der Waals surface area contributed by atoms with E-state index in [1.54, 1.807) is 68.8 Å². The SMILES string of the molecule is COc1ccc(CCNC(=O)c2ccccc2NC(=O)CN(c2ccc(OC)c(OC)c2)S(=O)(=O)c2ccccc2)cc1OC. The van der Waals surface area contributed by atoms with Gasteiger partial charge in [0, 0.05) is 12.6 Å². The van der Waals surface area contributed by atoms with Gasteiger partial charge in [-0.3, -0.25) is 13.9 Å². The Hall–Kier alpha value is -5.23. The highest BCUT2D eigenvalue weighted by Gasteiger charge is 2.28. The molecule has 0 atom stereocenters. The number of hydrogen-bond acceptors (Lipinski definition) is 8. The van der Waals surface area contributed by atoms with E-state index in [1.165, 1.54) is 38.5 Å². The van der Waals surface area contributed by atoms with Crippen molar-refractivity contribution >= 4 is 33.2 Å². The Morgan fingerprint density at radius 2 is 1.31 bits per heavy atom. The van der Waals surface area contributed by atoms with E-state index in [1.807, 2.05) is 12.1 Å². The third-order valence-corrected chi connectivity index (χ3v) is 8.65. The van der Waals surface area contributed by atoms with Crippen LogP contribution in [0.15, 0.2) is 95.9 Å². The van der Waals surface area contributed by atoms with Gasteiger partial charge >= 0.3 is 0 Å². The minimum absolute atomic E-state index is 0.00171. The number of sulfonamides is 1. The third-order valence-electron chi connectivity index (χ3n) is 6.87. The van der Waals surface area contributed by atoms with Gasteiger partial charge in [0.1, 0.15) is 6.54 Å². The minimum atomic E-state index is -4.18. The maximum absolute atomic E-state index is 13.8. The summed E-state index contributed by atoms with van der Waals surface area (Å²) >= 11 is 0. The first kappa shape index (κ1) is 32.7. The molecule has 0 unspecified atom stereocenters. The number of benzene rings is 4. The number of hydrogen-bond donors (Lipinski definition) is 2. The molecule has 2 N–H and O–H groups in total. The third kappa shape index (κ3) is 7.84. The molecule has 11 nitrogen and oxygen atoms in total. The van der Waals surface area contributed by atoms with Crippen LogP contribution in [0.2, 0.25) is 0 Å². The maximum atomic E-state index is 13.8. The van der Waals surface area contributed by atoms with Gasteiger partial charge < -0.3 is 29.6 Å². The Kier molecular flexibility index (Phi) is 10.9. The number of nitrogens with zero attached hydrogens (tertiary/aromatic N) is 1. The van der Waals surface area contributed by atoms with Crippen LogP contribution < -0.4 is 33.9 Å². The largest absolute Gasteiger partial charge is 0.493 e. The van der Waals surface area contributed by atoms with Crippen molar-refractivity contribution in [1.82, 2.24) is 5.32 Å². The first-order chi connectivity index (χ1) is 21.7. The lowest BCUT2D eigenvalue weighted by atomic mass is 10.1. The summed E-state index contributed by atoms with van der Waals surface area (Å²) in [7, 11) is 1.83. The van der Waals surface area contributed by atoms with Crippen molar-refractivity contribution in [3.05, 3.63) is 102 Å². The summed E-state index contributed by atoms with van der Waals surface area (Å²) in [6, 6.07) is 24.4. The summed E-state index contributed by atoms with van der Waals surface area (Å²) in [4.78, 5) is 26.6. The molecule has 12 heteroatoms. The molecule has 0 saturated heterocycles. The zero-order valence-corrected chi connectivity index (χ0v) is 26.2. The number of anilines is 2. The molecule has 4 rings (SSSR count). The normalized spacial score (nSPS) is 10.8. The summed E-state index contributed by atoms with van der Waals surface area (Å²) in [5.41, 5.74) is 1.58. The van der Waals surface area contributed by atoms with E-state index in [0.717, 1.165) is 9.87 Å². The minimum Gasteiger partial charge on any atom is -0.493 e. The van der Waals surface area contributed by atoms with Gasteiger partial charge in [-0.2, -0.15) is 0 Å². The van der Waals surface area contributed by atoms with Gasteiger partial charge in [-0.05, 0) is 60.5 Å². The highest BCUT2D eigenvalue weighted by Crippen LogP contribution is 2.34. The fraction of sp³-hybridized carbons (Fsp3) is 0.212. The molecule has 0 aliphatic rings. The Balaban J connectivity index is 1.52. The fourth-order valence-corrected chi connectivity index (χ4v) is 6.01. The number of carbonyl (C=O) groups excluding carboxylic acids is 2. The van der Waals surface area contributed by atoms with Crippen LogP contribution in [0, 0.1) is 0 Å². The first-order valence-corrected chi connectivity index (χ1v) is 15.3. The molecule has 4 aromatic carbocycles. The van der Waals surface area contributed by atoms with E-state index < -0.39 is 28.4 Å². The van der Waals surface area contributed by atoms with Crippen molar-refractivity contribution in [1.29, 1.82) is 0 Å². The average Bonchev–Trinajstić information content (AvgIpc) is 3.07. The zero-order valence-electron chi connectivity index (χ0n) is 25.4. The Bertz CT molecular complexity index is 1750. The van der Waals surface area contributed by atoms with Crippen LogP contribution in [0.5, 0.6) is 23.0 Å². The van der Waals surface area contributed by atoms with Crippen LogP contribution >= 0.6 is 0 Å². The molecule has 0 spiro atoms. The average molecular weight is 634 g/mol. The number of nitrogens with one attached hydrogen (secondary N) is 2. The number of para-hydroxylation sites is 1. The molecule has 0 fully saturated rings. The quantitative estimate of drug-likeness (QED) is 0.207. The van der Waals surface area contributed by atoms with Crippen molar-refractivity contribution in [2.24, 2.45) is 0 Å². The lowest BCUT2D eigenvalue weighted by molar-refractivity contribution is -0.114. The summed E-state index contributed by atoms with van der Waals surface area (Å²) in [6.45, 7) is -0.263. The van der Waals surface area contributed by atoms with Gasteiger partial charge in [-0.25, -0.2) is 8.42 Å². The predicted octanol–water partition coefficient (Wildman–Crippen LogP) is 4.53. The second-order valence-corrected chi connectivity index (χ2v) is 11.5. The molecule has 0 bridgehead atoms. The predicted molar refractivity (Wildman–Crippen MR) is 171 cm³/mol. The van der Waals surface area contributed by atoms with Crippen molar-refractivity contribution in [3.8, 4) is 23.0 Å². The van der Waals surface area contributed by atoms with Gasteiger partial charge in [-0.15, -0.1) is 0 Å². The zero-order chi connectivity index (χ0) is 32.4. The van der Waals surface area contributed by atoms with Gasteiger partial charge in [0.15, 0.2) is 23.0 Å².